The Hall–Kier alpha value is -0.0400. The molecular weight excluding hydrogens is 139 g/mol. The monoisotopic (exact) mass is 148 g/mol. The molecule has 2 atom stereocenters. The Bertz CT molecular complexity index is 122. The Morgan fingerprint density at radius 3 is 2.78 bits per heavy atom. The molecule has 0 aromatic heterocycles. The van der Waals surface area contributed by atoms with Crippen LogP contribution in [0.4, 0.5) is 4.39 Å². The third-order valence-electron chi connectivity index (χ3n) is 1.65. The molecule has 0 radical (unpaired) electrons. The lowest BCUT2D eigenvalue weighted by atomic mass is 9.94. The average Bonchev–Trinajstić information content (AvgIpc) is 1.80. The maximum Gasteiger partial charge on any atom is 0.120 e. The van der Waals surface area contributed by atoms with Crippen LogP contribution in [-0.4, -0.2) is 11.5 Å². The van der Waals surface area contributed by atoms with Gasteiger partial charge in [0.2, 0.25) is 0 Å². The minimum absolute atomic E-state index is 0.268. The van der Waals surface area contributed by atoms with Crippen LogP contribution in [0.5, 0.6) is 0 Å². The second-order valence-corrected chi connectivity index (χ2v) is 3.09. The Balaban J connectivity index is 2.44. The van der Waals surface area contributed by atoms with E-state index in [4.69, 9.17) is 11.6 Å². The van der Waals surface area contributed by atoms with Crippen molar-refractivity contribution in [3.8, 4) is 0 Å². The summed E-state index contributed by atoms with van der Waals surface area (Å²) in [6, 6.07) is 0. The standard InChI is InChI=1S/C7H10ClF/c1-5-2-3-6(8)7(9)4-5/h6-7H,1-4H2. The van der Waals surface area contributed by atoms with Crippen molar-refractivity contribution in [1.82, 2.24) is 0 Å². The highest BCUT2D eigenvalue weighted by Gasteiger charge is 2.23. The van der Waals surface area contributed by atoms with Crippen LogP contribution in [0.3, 0.4) is 0 Å². The Morgan fingerprint density at radius 2 is 2.33 bits per heavy atom. The predicted octanol–water partition coefficient (Wildman–Crippen LogP) is 2.67. The fourth-order valence-electron chi connectivity index (χ4n) is 1.03. The maximum atomic E-state index is 12.6. The number of alkyl halides is 2. The van der Waals surface area contributed by atoms with Gasteiger partial charge in [-0.2, -0.15) is 0 Å². The van der Waals surface area contributed by atoms with Gasteiger partial charge in [0.05, 0.1) is 5.38 Å². The molecule has 2 heteroatoms. The van der Waals surface area contributed by atoms with Gasteiger partial charge in [-0.1, -0.05) is 12.2 Å². The molecule has 0 aliphatic heterocycles. The largest absolute Gasteiger partial charge is 0.246 e. The second-order valence-electron chi connectivity index (χ2n) is 2.52. The molecule has 0 aromatic carbocycles. The molecule has 1 aliphatic carbocycles. The van der Waals surface area contributed by atoms with Gasteiger partial charge >= 0.3 is 0 Å². The normalized spacial score (nSPS) is 36.9. The molecule has 1 rings (SSSR count). The van der Waals surface area contributed by atoms with Crippen molar-refractivity contribution >= 4 is 11.6 Å². The first-order valence-electron chi connectivity index (χ1n) is 3.15. The van der Waals surface area contributed by atoms with Crippen LogP contribution in [0.25, 0.3) is 0 Å². The Morgan fingerprint density at radius 1 is 1.67 bits per heavy atom. The number of hydrogen-bond donors (Lipinski definition) is 0. The molecule has 1 aliphatic rings. The molecule has 1 fully saturated rings. The van der Waals surface area contributed by atoms with E-state index in [0.29, 0.717) is 6.42 Å². The summed E-state index contributed by atoms with van der Waals surface area (Å²) in [5.74, 6) is 0. The summed E-state index contributed by atoms with van der Waals surface area (Å²) in [5, 5.41) is -0.268. The molecule has 0 nitrogen and oxygen atoms in total. The molecule has 0 N–H and O–H groups in total. The highest BCUT2D eigenvalue weighted by molar-refractivity contribution is 6.21. The van der Waals surface area contributed by atoms with E-state index >= 15 is 0 Å². The molecule has 0 amide bonds. The van der Waals surface area contributed by atoms with Gasteiger partial charge in [-0.05, 0) is 12.8 Å². The summed E-state index contributed by atoms with van der Waals surface area (Å²) in [6.45, 7) is 3.70. The number of hydrogen-bond acceptors (Lipinski definition) is 0. The minimum Gasteiger partial charge on any atom is -0.246 e. The van der Waals surface area contributed by atoms with Crippen molar-refractivity contribution in [3.63, 3.8) is 0 Å². The van der Waals surface area contributed by atoms with Crippen LogP contribution in [0.15, 0.2) is 12.2 Å². The fraction of sp³-hybridized carbons (Fsp3) is 0.714. The molecule has 2 unspecified atom stereocenters. The van der Waals surface area contributed by atoms with E-state index in [9.17, 15) is 4.39 Å². The van der Waals surface area contributed by atoms with Gasteiger partial charge in [0.15, 0.2) is 0 Å². The molecule has 9 heavy (non-hydrogen) atoms. The number of rotatable bonds is 0. The van der Waals surface area contributed by atoms with E-state index in [1.807, 2.05) is 0 Å². The molecule has 52 valence electrons. The van der Waals surface area contributed by atoms with Gasteiger partial charge in [-0.25, -0.2) is 4.39 Å². The van der Waals surface area contributed by atoms with Crippen molar-refractivity contribution in [2.75, 3.05) is 0 Å². The third-order valence-corrected chi connectivity index (χ3v) is 2.14. The average molecular weight is 149 g/mol. The van der Waals surface area contributed by atoms with Crippen molar-refractivity contribution < 1.29 is 4.39 Å². The van der Waals surface area contributed by atoms with Crippen molar-refractivity contribution in [2.45, 2.75) is 30.8 Å². The predicted molar refractivity (Wildman–Crippen MR) is 37.5 cm³/mol. The van der Waals surface area contributed by atoms with Crippen molar-refractivity contribution in [2.24, 2.45) is 0 Å². The summed E-state index contributed by atoms with van der Waals surface area (Å²) in [5.41, 5.74) is 0.999. The molecule has 0 spiro atoms. The maximum absolute atomic E-state index is 12.6. The van der Waals surface area contributed by atoms with E-state index in [1.165, 1.54) is 0 Å². The summed E-state index contributed by atoms with van der Waals surface area (Å²) >= 11 is 5.62. The minimum atomic E-state index is -0.854. The van der Waals surface area contributed by atoms with Crippen LogP contribution in [-0.2, 0) is 0 Å². The molecule has 0 saturated heterocycles. The summed E-state index contributed by atoms with van der Waals surface area (Å²) in [4.78, 5) is 0. The second kappa shape index (κ2) is 2.70. The van der Waals surface area contributed by atoms with Gasteiger partial charge in [0, 0.05) is 6.42 Å². The number of halogens is 2. The summed E-state index contributed by atoms with van der Waals surface area (Å²) in [7, 11) is 0. The van der Waals surface area contributed by atoms with Crippen molar-refractivity contribution in [1.29, 1.82) is 0 Å². The Labute approximate surface area is 59.7 Å². The van der Waals surface area contributed by atoms with Crippen LogP contribution >= 0.6 is 11.6 Å². The van der Waals surface area contributed by atoms with E-state index in [2.05, 4.69) is 6.58 Å². The topological polar surface area (TPSA) is 0 Å². The third kappa shape index (κ3) is 1.68. The number of allylic oxidation sites excluding steroid dienone is 1. The van der Waals surface area contributed by atoms with Crippen LogP contribution in [0.1, 0.15) is 19.3 Å². The molecule has 0 bridgehead atoms. The van der Waals surface area contributed by atoms with Crippen LogP contribution in [0, 0.1) is 0 Å². The lowest BCUT2D eigenvalue weighted by molar-refractivity contribution is 0.290. The van der Waals surface area contributed by atoms with Gasteiger partial charge in [0.1, 0.15) is 6.17 Å². The molecule has 1 saturated carbocycles. The van der Waals surface area contributed by atoms with Gasteiger partial charge < -0.3 is 0 Å². The quantitative estimate of drug-likeness (QED) is 0.366. The van der Waals surface area contributed by atoms with Gasteiger partial charge in [-0.15, -0.1) is 11.6 Å². The van der Waals surface area contributed by atoms with E-state index in [1.54, 1.807) is 0 Å². The van der Waals surface area contributed by atoms with Crippen LogP contribution < -0.4 is 0 Å². The zero-order chi connectivity index (χ0) is 6.85. The molecule has 0 heterocycles. The smallest absolute Gasteiger partial charge is 0.120 e. The van der Waals surface area contributed by atoms with E-state index in [-0.39, 0.29) is 5.38 Å². The zero-order valence-electron chi connectivity index (χ0n) is 5.24. The SMILES string of the molecule is C=C1CCC(Cl)C(F)C1. The van der Waals surface area contributed by atoms with Gasteiger partial charge in [0.25, 0.3) is 0 Å². The first-order valence-corrected chi connectivity index (χ1v) is 3.58. The molecular formula is C7H10ClF. The van der Waals surface area contributed by atoms with E-state index in [0.717, 1.165) is 18.4 Å². The van der Waals surface area contributed by atoms with Gasteiger partial charge in [-0.3, -0.25) is 0 Å². The summed E-state index contributed by atoms with van der Waals surface area (Å²) in [6.07, 6.45) is 1.26. The summed E-state index contributed by atoms with van der Waals surface area (Å²) < 4.78 is 12.6. The first-order chi connectivity index (χ1) is 4.20. The highest BCUT2D eigenvalue weighted by Crippen LogP contribution is 2.28. The first kappa shape index (κ1) is 7.07. The van der Waals surface area contributed by atoms with E-state index < -0.39 is 6.17 Å². The molecule has 0 aromatic rings. The zero-order valence-corrected chi connectivity index (χ0v) is 5.99. The van der Waals surface area contributed by atoms with Crippen molar-refractivity contribution in [3.05, 3.63) is 12.2 Å². The Kier molecular flexibility index (Phi) is 2.12. The lowest BCUT2D eigenvalue weighted by Gasteiger charge is -2.21. The lowest BCUT2D eigenvalue weighted by Crippen LogP contribution is -2.21. The highest BCUT2D eigenvalue weighted by atomic mass is 35.5. The van der Waals surface area contributed by atoms with Crippen LogP contribution in [0.2, 0.25) is 0 Å². The fourth-order valence-corrected chi connectivity index (χ4v) is 1.23.